The first-order valence-electron chi connectivity index (χ1n) is 9.33. The van der Waals surface area contributed by atoms with Crippen LogP contribution in [0.2, 0.25) is 0 Å². The highest BCUT2D eigenvalue weighted by Crippen LogP contribution is 2.39. The van der Waals surface area contributed by atoms with Crippen molar-refractivity contribution < 1.29 is 18.8 Å². The third-order valence-electron chi connectivity index (χ3n) is 5.08. The van der Waals surface area contributed by atoms with Gasteiger partial charge in [-0.1, -0.05) is 24.2 Å². The van der Waals surface area contributed by atoms with Crippen LogP contribution in [0, 0.1) is 5.92 Å². The molecule has 4 rings (SSSR count). The molecule has 2 amide bonds. The number of anilines is 1. The molecule has 1 atom stereocenters. The fraction of sp³-hybridized carbons (Fsp3) is 0.286. The lowest BCUT2D eigenvalue weighted by atomic mass is 9.88. The molecule has 1 unspecified atom stereocenters. The number of thiophene rings is 1. The SMILES string of the molecule is COc1cccc(-c2cc(C(=O)Nc3sc4c(c3C(N)=O)CCC(C)C4)no2)c1. The topological polar surface area (TPSA) is 107 Å². The molecule has 1 aliphatic rings. The van der Waals surface area contributed by atoms with Crippen molar-refractivity contribution in [1.82, 2.24) is 5.16 Å². The quantitative estimate of drug-likeness (QED) is 0.662. The van der Waals surface area contributed by atoms with E-state index in [1.54, 1.807) is 19.2 Å². The largest absolute Gasteiger partial charge is 0.497 e. The van der Waals surface area contributed by atoms with E-state index in [0.29, 0.717) is 28.0 Å². The van der Waals surface area contributed by atoms with Gasteiger partial charge in [0.25, 0.3) is 11.8 Å². The number of benzene rings is 1. The van der Waals surface area contributed by atoms with Gasteiger partial charge in [0.2, 0.25) is 0 Å². The number of nitrogens with two attached hydrogens (primary N) is 1. The van der Waals surface area contributed by atoms with E-state index in [0.717, 1.165) is 35.3 Å². The van der Waals surface area contributed by atoms with Crippen LogP contribution in [0.5, 0.6) is 5.75 Å². The van der Waals surface area contributed by atoms with Gasteiger partial charge < -0.3 is 20.3 Å². The minimum Gasteiger partial charge on any atom is -0.497 e. The Morgan fingerprint density at radius 3 is 2.93 bits per heavy atom. The maximum atomic E-state index is 12.7. The van der Waals surface area contributed by atoms with E-state index in [-0.39, 0.29) is 5.69 Å². The van der Waals surface area contributed by atoms with Gasteiger partial charge in [-0.05, 0) is 42.9 Å². The van der Waals surface area contributed by atoms with Crippen molar-refractivity contribution in [3.05, 3.63) is 52.0 Å². The Bertz CT molecular complexity index is 1090. The molecule has 150 valence electrons. The number of nitrogens with one attached hydrogen (secondary N) is 1. The minimum atomic E-state index is -0.524. The molecule has 0 bridgehead atoms. The Balaban J connectivity index is 1.59. The van der Waals surface area contributed by atoms with Gasteiger partial charge in [-0.2, -0.15) is 0 Å². The first-order chi connectivity index (χ1) is 14.0. The molecule has 7 nitrogen and oxygen atoms in total. The number of amides is 2. The van der Waals surface area contributed by atoms with Crippen LogP contribution in [0.25, 0.3) is 11.3 Å². The highest BCUT2D eigenvalue weighted by molar-refractivity contribution is 7.17. The van der Waals surface area contributed by atoms with Gasteiger partial charge in [-0.15, -0.1) is 11.3 Å². The summed E-state index contributed by atoms with van der Waals surface area (Å²) < 4.78 is 10.5. The number of hydrogen-bond acceptors (Lipinski definition) is 6. The monoisotopic (exact) mass is 411 g/mol. The van der Waals surface area contributed by atoms with E-state index >= 15 is 0 Å². The molecule has 29 heavy (non-hydrogen) atoms. The van der Waals surface area contributed by atoms with Gasteiger partial charge in [-0.25, -0.2) is 0 Å². The molecule has 1 aromatic carbocycles. The number of rotatable bonds is 5. The Labute approximate surface area is 171 Å². The number of carbonyl (C=O) groups excluding carboxylic acids is 2. The van der Waals surface area contributed by atoms with Crippen molar-refractivity contribution in [3.63, 3.8) is 0 Å². The second-order valence-corrected chi connectivity index (χ2v) is 8.29. The molecule has 0 radical (unpaired) electrons. The summed E-state index contributed by atoms with van der Waals surface area (Å²) in [5.74, 6) is 0.700. The summed E-state index contributed by atoms with van der Waals surface area (Å²) in [4.78, 5) is 25.9. The summed E-state index contributed by atoms with van der Waals surface area (Å²) in [6.45, 7) is 2.18. The van der Waals surface area contributed by atoms with Gasteiger partial charge in [0.05, 0.1) is 12.7 Å². The molecule has 0 fully saturated rings. The van der Waals surface area contributed by atoms with Crippen molar-refractivity contribution in [3.8, 4) is 17.1 Å². The first kappa shape index (κ1) is 19.2. The van der Waals surface area contributed by atoms with Crippen LogP contribution in [0.3, 0.4) is 0 Å². The Kier molecular flexibility index (Phi) is 5.10. The molecule has 0 saturated heterocycles. The van der Waals surface area contributed by atoms with Crippen LogP contribution < -0.4 is 15.8 Å². The smallest absolute Gasteiger partial charge is 0.278 e. The number of methoxy groups -OCH3 is 1. The molecule has 3 N–H and O–H groups in total. The highest BCUT2D eigenvalue weighted by atomic mass is 32.1. The molecule has 8 heteroatoms. The van der Waals surface area contributed by atoms with Crippen LogP contribution in [-0.2, 0) is 12.8 Å². The summed E-state index contributed by atoms with van der Waals surface area (Å²) in [5.41, 5.74) is 7.86. The molecule has 0 spiro atoms. The van der Waals surface area contributed by atoms with Crippen molar-refractivity contribution in [2.45, 2.75) is 26.2 Å². The summed E-state index contributed by atoms with van der Waals surface area (Å²) in [6.07, 6.45) is 2.69. The van der Waals surface area contributed by atoms with Crippen molar-refractivity contribution in [2.75, 3.05) is 12.4 Å². The number of ether oxygens (including phenoxy) is 1. The van der Waals surface area contributed by atoms with Crippen LogP contribution >= 0.6 is 11.3 Å². The molecule has 1 aliphatic carbocycles. The maximum absolute atomic E-state index is 12.7. The van der Waals surface area contributed by atoms with Crippen LogP contribution in [0.1, 0.15) is 44.6 Å². The zero-order valence-electron chi connectivity index (χ0n) is 16.2. The third kappa shape index (κ3) is 3.75. The Morgan fingerprint density at radius 2 is 2.17 bits per heavy atom. The van der Waals surface area contributed by atoms with Gasteiger partial charge in [0.1, 0.15) is 10.8 Å². The third-order valence-corrected chi connectivity index (χ3v) is 6.25. The Morgan fingerprint density at radius 1 is 1.34 bits per heavy atom. The Hall–Kier alpha value is -3.13. The number of primary amides is 1. The number of aromatic nitrogens is 1. The summed E-state index contributed by atoms with van der Waals surface area (Å²) in [5, 5.41) is 7.15. The van der Waals surface area contributed by atoms with Crippen molar-refractivity contribution in [2.24, 2.45) is 11.7 Å². The predicted molar refractivity (Wildman–Crippen MR) is 110 cm³/mol. The van der Waals surface area contributed by atoms with Crippen molar-refractivity contribution >= 4 is 28.2 Å². The number of nitrogens with zero attached hydrogens (tertiary/aromatic N) is 1. The van der Waals surface area contributed by atoms with Crippen LogP contribution in [0.4, 0.5) is 5.00 Å². The van der Waals surface area contributed by atoms with E-state index in [9.17, 15) is 9.59 Å². The van der Waals surface area contributed by atoms with E-state index in [1.807, 2.05) is 18.2 Å². The molecule has 0 saturated carbocycles. The average molecular weight is 411 g/mol. The lowest BCUT2D eigenvalue weighted by Gasteiger charge is -2.18. The lowest BCUT2D eigenvalue weighted by molar-refractivity contribution is 0.1000. The molecular weight excluding hydrogens is 390 g/mol. The van der Waals surface area contributed by atoms with Gasteiger partial charge in [0, 0.05) is 16.5 Å². The van der Waals surface area contributed by atoms with E-state index < -0.39 is 11.8 Å². The average Bonchev–Trinajstić information content (AvgIpc) is 3.32. The van der Waals surface area contributed by atoms with Gasteiger partial charge >= 0.3 is 0 Å². The van der Waals surface area contributed by atoms with Crippen LogP contribution in [0.15, 0.2) is 34.9 Å². The normalized spacial score (nSPS) is 15.6. The van der Waals surface area contributed by atoms with Crippen LogP contribution in [-0.4, -0.2) is 24.1 Å². The number of hydrogen-bond donors (Lipinski definition) is 2. The molecule has 2 heterocycles. The second kappa shape index (κ2) is 7.71. The van der Waals surface area contributed by atoms with E-state index in [4.69, 9.17) is 15.0 Å². The predicted octanol–water partition coefficient (Wildman–Crippen LogP) is 3.89. The van der Waals surface area contributed by atoms with Gasteiger partial charge in [0.15, 0.2) is 11.5 Å². The molecule has 0 aliphatic heterocycles. The minimum absolute atomic E-state index is 0.123. The number of carbonyl (C=O) groups is 2. The zero-order valence-corrected chi connectivity index (χ0v) is 17.0. The van der Waals surface area contributed by atoms with Crippen molar-refractivity contribution in [1.29, 1.82) is 0 Å². The standard InChI is InChI=1S/C21H21N3O4S/c1-11-6-7-14-17(8-11)29-21(18(14)19(22)25)23-20(26)15-10-16(28-24-15)12-4-3-5-13(9-12)27-2/h3-5,9-11H,6-8H2,1-2H3,(H2,22,25)(H,23,26). The summed E-state index contributed by atoms with van der Waals surface area (Å²) in [7, 11) is 1.58. The second-order valence-electron chi connectivity index (χ2n) is 7.18. The fourth-order valence-electron chi connectivity index (χ4n) is 3.56. The molecule has 2 aromatic heterocycles. The lowest BCUT2D eigenvalue weighted by Crippen LogP contribution is -2.19. The zero-order chi connectivity index (χ0) is 20.5. The summed E-state index contributed by atoms with van der Waals surface area (Å²) in [6, 6.07) is 8.83. The van der Waals surface area contributed by atoms with E-state index in [1.165, 1.54) is 11.3 Å². The maximum Gasteiger partial charge on any atom is 0.278 e. The fourth-order valence-corrected chi connectivity index (χ4v) is 4.97. The summed E-state index contributed by atoms with van der Waals surface area (Å²) >= 11 is 1.42. The van der Waals surface area contributed by atoms with E-state index in [2.05, 4.69) is 17.4 Å². The molecular formula is C21H21N3O4S. The van der Waals surface area contributed by atoms with Gasteiger partial charge in [-0.3, -0.25) is 9.59 Å². The first-order valence-corrected chi connectivity index (χ1v) is 10.1. The number of fused-ring (bicyclic) bond motifs is 1. The highest BCUT2D eigenvalue weighted by Gasteiger charge is 2.28. The molecule has 3 aromatic rings.